The van der Waals surface area contributed by atoms with Gasteiger partial charge in [-0.3, -0.25) is 4.99 Å². The molecule has 0 aromatic rings. The summed E-state index contributed by atoms with van der Waals surface area (Å²) in [5, 5.41) is 3.16. The molecule has 5 N–H and O–H groups in total. The smallest absolute Gasteiger partial charge is 0.191 e. The van der Waals surface area contributed by atoms with Crippen LogP contribution in [0.1, 0.15) is 34.1 Å². The predicted octanol–water partition coefficient (Wildman–Crippen LogP) is 0.608. The van der Waals surface area contributed by atoms with E-state index in [1.54, 1.807) is 0 Å². The van der Waals surface area contributed by atoms with Crippen LogP contribution in [0.4, 0.5) is 0 Å². The summed E-state index contributed by atoms with van der Waals surface area (Å²) in [5.41, 5.74) is 10.7. The highest BCUT2D eigenvalue weighted by Gasteiger charge is 2.10. The van der Waals surface area contributed by atoms with Crippen molar-refractivity contribution in [3.8, 4) is 0 Å². The van der Waals surface area contributed by atoms with Gasteiger partial charge in [0.05, 0.1) is 6.54 Å². The second-order valence-electron chi connectivity index (χ2n) is 3.77. The molecule has 0 fully saturated rings. The lowest BCUT2D eigenvalue weighted by Crippen LogP contribution is -2.34. The van der Waals surface area contributed by atoms with Crippen LogP contribution in [0.5, 0.6) is 0 Å². The Hall–Kier alpha value is -0.810. The van der Waals surface area contributed by atoms with Gasteiger partial charge in [-0.2, -0.15) is 0 Å². The topological polar surface area (TPSA) is 79.7 Å². The maximum absolute atomic E-state index is 5.54. The standard InChI is InChI=1S/C6H13N3.C5H14N2.CH4/c1-2-4-9-5-3-8-6(9)7;1-2-4-7-5-3-6;/h2-5H2,1H3,(H2,7,8);7H,2-6H2,1H3;1H4. The van der Waals surface area contributed by atoms with Crippen molar-refractivity contribution < 1.29 is 0 Å². The number of rotatable bonds is 6. The number of guanidine groups is 1. The molecule has 0 saturated heterocycles. The average Bonchev–Trinajstić information content (AvgIpc) is 2.67. The van der Waals surface area contributed by atoms with E-state index in [1.807, 2.05) is 0 Å². The van der Waals surface area contributed by atoms with E-state index >= 15 is 0 Å². The second kappa shape index (κ2) is 13.3. The van der Waals surface area contributed by atoms with Gasteiger partial charge in [0.25, 0.3) is 0 Å². The molecule has 17 heavy (non-hydrogen) atoms. The van der Waals surface area contributed by atoms with Crippen LogP contribution >= 0.6 is 0 Å². The molecule has 0 saturated carbocycles. The van der Waals surface area contributed by atoms with Crippen LogP contribution in [0.15, 0.2) is 4.99 Å². The van der Waals surface area contributed by atoms with Gasteiger partial charge in [0.2, 0.25) is 0 Å². The first-order valence-corrected chi connectivity index (χ1v) is 6.21. The summed E-state index contributed by atoms with van der Waals surface area (Å²) in [5.74, 6) is 0.719. The summed E-state index contributed by atoms with van der Waals surface area (Å²) in [6.45, 7) is 10.0. The molecule has 0 aliphatic carbocycles. The van der Waals surface area contributed by atoms with Crippen molar-refractivity contribution in [1.29, 1.82) is 0 Å². The van der Waals surface area contributed by atoms with Crippen LogP contribution in [0.25, 0.3) is 0 Å². The maximum atomic E-state index is 5.54. The van der Waals surface area contributed by atoms with E-state index in [-0.39, 0.29) is 7.43 Å². The third-order valence-electron chi connectivity index (χ3n) is 2.21. The summed E-state index contributed by atoms with van der Waals surface area (Å²) in [6.07, 6.45) is 2.34. The van der Waals surface area contributed by atoms with Crippen LogP contribution in [0, 0.1) is 0 Å². The fourth-order valence-electron chi connectivity index (χ4n) is 1.40. The van der Waals surface area contributed by atoms with Crippen molar-refractivity contribution in [2.24, 2.45) is 16.5 Å². The van der Waals surface area contributed by atoms with Crippen LogP contribution in [-0.4, -0.2) is 50.1 Å². The number of nitrogens with one attached hydrogen (secondary N) is 1. The summed E-state index contributed by atoms with van der Waals surface area (Å²) >= 11 is 0. The first kappa shape index (κ1) is 18.6. The molecule has 5 heteroatoms. The molecule has 0 aromatic carbocycles. The van der Waals surface area contributed by atoms with E-state index in [0.717, 1.165) is 51.6 Å². The highest BCUT2D eigenvalue weighted by molar-refractivity contribution is 5.79. The third kappa shape index (κ3) is 10.1. The van der Waals surface area contributed by atoms with Gasteiger partial charge in [-0.1, -0.05) is 21.3 Å². The zero-order valence-electron chi connectivity index (χ0n) is 10.7. The molecule has 1 aliphatic rings. The minimum Gasteiger partial charge on any atom is -0.370 e. The highest BCUT2D eigenvalue weighted by atomic mass is 15.3. The lowest BCUT2D eigenvalue weighted by atomic mass is 10.4. The monoisotopic (exact) mass is 245 g/mol. The average molecular weight is 245 g/mol. The molecule has 0 bridgehead atoms. The number of hydrogen-bond donors (Lipinski definition) is 3. The Balaban J connectivity index is 0. The number of nitrogens with two attached hydrogens (primary N) is 2. The van der Waals surface area contributed by atoms with Crippen molar-refractivity contribution in [3.63, 3.8) is 0 Å². The molecule has 1 heterocycles. The molecule has 0 atom stereocenters. The van der Waals surface area contributed by atoms with Gasteiger partial charge in [0.15, 0.2) is 5.96 Å². The van der Waals surface area contributed by atoms with Crippen LogP contribution in [0.3, 0.4) is 0 Å². The predicted molar refractivity (Wildman–Crippen MR) is 77.3 cm³/mol. The molecule has 1 rings (SSSR count). The minimum atomic E-state index is 0. The number of nitrogens with zero attached hydrogens (tertiary/aromatic N) is 2. The van der Waals surface area contributed by atoms with Gasteiger partial charge in [-0.25, -0.2) is 0 Å². The molecular weight excluding hydrogens is 214 g/mol. The first-order valence-electron chi connectivity index (χ1n) is 6.21. The van der Waals surface area contributed by atoms with E-state index in [9.17, 15) is 0 Å². The summed E-state index contributed by atoms with van der Waals surface area (Å²) in [4.78, 5) is 6.17. The summed E-state index contributed by atoms with van der Waals surface area (Å²) in [7, 11) is 0. The Bertz CT molecular complexity index is 178. The number of hydrogen-bond acceptors (Lipinski definition) is 5. The Morgan fingerprint density at radius 1 is 1.29 bits per heavy atom. The summed E-state index contributed by atoms with van der Waals surface area (Å²) < 4.78 is 0. The Morgan fingerprint density at radius 3 is 2.41 bits per heavy atom. The maximum Gasteiger partial charge on any atom is 0.191 e. The van der Waals surface area contributed by atoms with Gasteiger partial charge in [-0.05, 0) is 19.4 Å². The molecule has 0 radical (unpaired) electrons. The van der Waals surface area contributed by atoms with Gasteiger partial charge in [-0.15, -0.1) is 0 Å². The molecule has 5 nitrogen and oxygen atoms in total. The lowest BCUT2D eigenvalue weighted by molar-refractivity contribution is 0.451. The normalized spacial score (nSPS) is 13.6. The van der Waals surface area contributed by atoms with Crippen molar-refractivity contribution in [2.75, 3.05) is 39.3 Å². The molecule has 0 amide bonds. The first-order chi connectivity index (χ1) is 7.76. The largest absolute Gasteiger partial charge is 0.370 e. The zero-order chi connectivity index (χ0) is 12.2. The summed E-state index contributed by atoms with van der Waals surface area (Å²) in [6, 6.07) is 0. The van der Waals surface area contributed by atoms with Crippen molar-refractivity contribution in [2.45, 2.75) is 34.1 Å². The third-order valence-corrected chi connectivity index (χ3v) is 2.21. The Morgan fingerprint density at radius 2 is 2.00 bits per heavy atom. The van der Waals surface area contributed by atoms with E-state index < -0.39 is 0 Å². The van der Waals surface area contributed by atoms with E-state index in [0.29, 0.717) is 0 Å². The van der Waals surface area contributed by atoms with Gasteiger partial charge >= 0.3 is 0 Å². The molecule has 0 unspecified atom stereocenters. The van der Waals surface area contributed by atoms with Gasteiger partial charge in [0.1, 0.15) is 0 Å². The van der Waals surface area contributed by atoms with Crippen molar-refractivity contribution in [3.05, 3.63) is 0 Å². The van der Waals surface area contributed by atoms with E-state index in [4.69, 9.17) is 11.5 Å². The second-order valence-corrected chi connectivity index (χ2v) is 3.77. The van der Waals surface area contributed by atoms with Crippen LogP contribution in [0.2, 0.25) is 0 Å². The van der Waals surface area contributed by atoms with Crippen molar-refractivity contribution >= 4 is 5.96 Å². The van der Waals surface area contributed by atoms with Crippen LogP contribution < -0.4 is 16.8 Å². The van der Waals surface area contributed by atoms with Gasteiger partial charge in [0, 0.05) is 26.2 Å². The Labute approximate surface area is 107 Å². The Kier molecular flexibility index (Phi) is 14.5. The molecule has 0 spiro atoms. The minimum absolute atomic E-state index is 0. The fraction of sp³-hybridized carbons (Fsp3) is 0.917. The SMILES string of the molecule is C.CCCN1CCN=C1N.CCCNCCN. The highest BCUT2D eigenvalue weighted by Crippen LogP contribution is 1.97. The molecule has 1 aliphatic heterocycles. The molecule has 104 valence electrons. The van der Waals surface area contributed by atoms with E-state index in [1.165, 1.54) is 6.42 Å². The molecular formula is C12H31N5. The van der Waals surface area contributed by atoms with E-state index in [2.05, 4.69) is 29.1 Å². The fourth-order valence-corrected chi connectivity index (χ4v) is 1.40. The van der Waals surface area contributed by atoms with Crippen molar-refractivity contribution in [1.82, 2.24) is 10.2 Å². The molecule has 0 aromatic heterocycles. The van der Waals surface area contributed by atoms with Gasteiger partial charge < -0.3 is 21.7 Å². The quantitative estimate of drug-likeness (QED) is 0.599. The lowest BCUT2D eigenvalue weighted by Gasteiger charge is -2.14. The zero-order valence-corrected chi connectivity index (χ0v) is 10.7. The number of aliphatic imine (C=N–C) groups is 1. The van der Waals surface area contributed by atoms with Crippen LogP contribution in [-0.2, 0) is 0 Å².